The molecule has 7 heteroatoms. The van der Waals surface area contributed by atoms with Crippen LogP contribution < -0.4 is 15.4 Å². The quantitative estimate of drug-likeness (QED) is 0.266. The Morgan fingerprint density at radius 1 is 1.19 bits per heavy atom. The number of nitrogens with zero attached hydrogens (tertiary/aromatic N) is 1. The standard InChI is InChI=1S/C20H33N3O4/c1-6-21-20(22-10-12-27-11-9-15(2)3)23-14-16-7-8-18(25-4)17(13-16)19(24)26-5/h7-8,13,15H,6,9-12,14H2,1-5H3,(H2,21,22,23). The largest absolute Gasteiger partial charge is 0.496 e. The van der Waals surface area contributed by atoms with Crippen LogP contribution in [-0.4, -0.2) is 52.5 Å². The van der Waals surface area contributed by atoms with Crippen molar-refractivity contribution in [2.24, 2.45) is 10.9 Å². The number of benzene rings is 1. The second-order valence-corrected chi connectivity index (χ2v) is 6.44. The molecule has 0 unspecified atom stereocenters. The molecule has 0 spiro atoms. The van der Waals surface area contributed by atoms with Gasteiger partial charge in [-0.25, -0.2) is 9.79 Å². The molecule has 7 nitrogen and oxygen atoms in total. The lowest BCUT2D eigenvalue weighted by molar-refractivity contribution is 0.0597. The number of carbonyl (C=O) groups excluding carboxylic acids is 1. The van der Waals surface area contributed by atoms with E-state index in [0.29, 0.717) is 42.9 Å². The number of aliphatic imine (C=N–C) groups is 1. The molecule has 0 saturated heterocycles. The molecule has 1 aromatic rings. The molecule has 0 atom stereocenters. The van der Waals surface area contributed by atoms with Gasteiger partial charge in [-0.3, -0.25) is 0 Å². The molecule has 0 aliphatic carbocycles. The van der Waals surface area contributed by atoms with Gasteiger partial charge >= 0.3 is 5.97 Å². The smallest absolute Gasteiger partial charge is 0.341 e. The average molecular weight is 380 g/mol. The van der Waals surface area contributed by atoms with Crippen LogP contribution in [0.25, 0.3) is 0 Å². The van der Waals surface area contributed by atoms with E-state index < -0.39 is 5.97 Å². The van der Waals surface area contributed by atoms with Gasteiger partial charge in [-0.1, -0.05) is 19.9 Å². The predicted octanol–water partition coefficient (Wildman–Crippen LogP) is 2.60. The third-order valence-corrected chi connectivity index (χ3v) is 3.81. The number of guanidine groups is 1. The maximum absolute atomic E-state index is 11.9. The van der Waals surface area contributed by atoms with Gasteiger partial charge in [0.15, 0.2) is 5.96 Å². The Hall–Kier alpha value is -2.28. The van der Waals surface area contributed by atoms with Crippen molar-refractivity contribution in [1.82, 2.24) is 10.6 Å². The Kier molecular flexibility index (Phi) is 10.9. The summed E-state index contributed by atoms with van der Waals surface area (Å²) in [6, 6.07) is 5.38. The van der Waals surface area contributed by atoms with Crippen LogP contribution in [0.4, 0.5) is 0 Å². The zero-order valence-corrected chi connectivity index (χ0v) is 17.1. The molecule has 2 N–H and O–H groups in total. The highest BCUT2D eigenvalue weighted by molar-refractivity contribution is 5.92. The van der Waals surface area contributed by atoms with Crippen LogP contribution in [0.2, 0.25) is 0 Å². The van der Waals surface area contributed by atoms with Gasteiger partial charge in [0.05, 0.1) is 27.4 Å². The average Bonchev–Trinajstić information content (AvgIpc) is 2.67. The predicted molar refractivity (Wildman–Crippen MR) is 107 cm³/mol. The summed E-state index contributed by atoms with van der Waals surface area (Å²) in [4.78, 5) is 16.4. The number of ether oxygens (including phenoxy) is 3. The first-order chi connectivity index (χ1) is 13.0. The molecule has 0 saturated carbocycles. The van der Waals surface area contributed by atoms with Gasteiger partial charge in [0.25, 0.3) is 0 Å². The maximum Gasteiger partial charge on any atom is 0.341 e. The van der Waals surface area contributed by atoms with Crippen LogP contribution in [0.1, 0.15) is 43.1 Å². The second kappa shape index (κ2) is 13.0. The number of carbonyl (C=O) groups is 1. The first-order valence-corrected chi connectivity index (χ1v) is 9.36. The number of hydrogen-bond donors (Lipinski definition) is 2. The van der Waals surface area contributed by atoms with E-state index in [1.54, 1.807) is 12.1 Å². The van der Waals surface area contributed by atoms with Crippen molar-refractivity contribution >= 4 is 11.9 Å². The molecule has 0 amide bonds. The van der Waals surface area contributed by atoms with Crippen LogP contribution in [0.15, 0.2) is 23.2 Å². The van der Waals surface area contributed by atoms with Gasteiger partial charge in [0, 0.05) is 19.7 Å². The van der Waals surface area contributed by atoms with Crippen LogP contribution in [0.5, 0.6) is 5.75 Å². The summed E-state index contributed by atoms with van der Waals surface area (Å²) in [5, 5.41) is 6.45. The van der Waals surface area contributed by atoms with E-state index >= 15 is 0 Å². The Morgan fingerprint density at radius 2 is 1.96 bits per heavy atom. The Bertz CT molecular complexity index is 603. The topological polar surface area (TPSA) is 81.2 Å². The molecule has 0 aliphatic rings. The summed E-state index contributed by atoms with van der Waals surface area (Å²) >= 11 is 0. The Balaban J connectivity index is 2.62. The monoisotopic (exact) mass is 379 g/mol. The summed E-state index contributed by atoms with van der Waals surface area (Å²) < 4.78 is 15.6. The highest BCUT2D eigenvalue weighted by Gasteiger charge is 2.13. The zero-order chi connectivity index (χ0) is 20.1. The number of nitrogens with one attached hydrogen (secondary N) is 2. The van der Waals surface area contributed by atoms with Crippen molar-refractivity contribution in [3.8, 4) is 5.75 Å². The second-order valence-electron chi connectivity index (χ2n) is 6.44. The van der Waals surface area contributed by atoms with Crippen molar-refractivity contribution in [2.75, 3.05) is 40.5 Å². The summed E-state index contributed by atoms with van der Waals surface area (Å²) in [6.45, 7) is 9.65. The first kappa shape index (κ1) is 22.8. The molecule has 27 heavy (non-hydrogen) atoms. The molecule has 0 aliphatic heterocycles. The van der Waals surface area contributed by atoms with Gasteiger partial charge in [0.1, 0.15) is 11.3 Å². The fourth-order valence-corrected chi connectivity index (χ4v) is 2.30. The minimum atomic E-state index is -0.429. The maximum atomic E-state index is 11.9. The number of hydrogen-bond acceptors (Lipinski definition) is 5. The molecular formula is C20H33N3O4. The lowest BCUT2D eigenvalue weighted by atomic mass is 10.1. The lowest BCUT2D eigenvalue weighted by Crippen LogP contribution is -2.39. The highest BCUT2D eigenvalue weighted by atomic mass is 16.5. The van der Waals surface area contributed by atoms with E-state index in [-0.39, 0.29) is 0 Å². The van der Waals surface area contributed by atoms with Crippen LogP contribution in [-0.2, 0) is 16.0 Å². The Morgan fingerprint density at radius 3 is 2.59 bits per heavy atom. The fraction of sp³-hybridized carbons (Fsp3) is 0.600. The molecule has 0 heterocycles. The highest BCUT2D eigenvalue weighted by Crippen LogP contribution is 2.21. The zero-order valence-electron chi connectivity index (χ0n) is 17.1. The summed E-state index contributed by atoms with van der Waals surface area (Å²) in [5.74, 6) is 1.41. The molecule has 0 fully saturated rings. The van der Waals surface area contributed by atoms with E-state index in [2.05, 4.69) is 29.5 Å². The van der Waals surface area contributed by atoms with Crippen molar-refractivity contribution < 1.29 is 19.0 Å². The van der Waals surface area contributed by atoms with Gasteiger partial charge in [-0.15, -0.1) is 0 Å². The number of rotatable bonds is 11. The van der Waals surface area contributed by atoms with E-state index in [0.717, 1.165) is 25.1 Å². The SMILES string of the molecule is CCNC(=NCc1ccc(OC)c(C(=O)OC)c1)NCCOCCC(C)C. The normalized spacial score (nSPS) is 11.4. The molecule has 0 aromatic heterocycles. The lowest BCUT2D eigenvalue weighted by Gasteiger charge is -2.12. The third kappa shape index (κ3) is 8.77. The molecule has 0 bridgehead atoms. The van der Waals surface area contributed by atoms with Gasteiger partial charge < -0.3 is 24.8 Å². The summed E-state index contributed by atoms with van der Waals surface area (Å²) in [5.41, 5.74) is 1.28. The molecule has 0 radical (unpaired) electrons. The first-order valence-electron chi connectivity index (χ1n) is 9.36. The van der Waals surface area contributed by atoms with Crippen molar-refractivity contribution in [3.63, 3.8) is 0 Å². The van der Waals surface area contributed by atoms with Gasteiger partial charge in [0.2, 0.25) is 0 Å². The van der Waals surface area contributed by atoms with Crippen LogP contribution >= 0.6 is 0 Å². The van der Waals surface area contributed by atoms with Gasteiger partial charge in [-0.2, -0.15) is 0 Å². The molecule has 1 rings (SSSR count). The number of esters is 1. The minimum absolute atomic E-state index is 0.393. The molecule has 1 aromatic carbocycles. The number of methoxy groups -OCH3 is 2. The minimum Gasteiger partial charge on any atom is -0.496 e. The van der Waals surface area contributed by atoms with E-state index in [9.17, 15) is 4.79 Å². The van der Waals surface area contributed by atoms with E-state index in [1.807, 2.05) is 13.0 Å². The summed E-state index contributed by atoms with van der Waals surface area (Å²) in [7, 11) is 2.87. The third-order valence-electron chi connectivity index (χ3n) is 3.81. The van der Waals surface area contributed by atoms with Crippen LogP contribution in [0.3, 0.4) is 0 Å². The van der Waals surface area contributed by atoms with Crippen molar-refractivity contribution in [1.29, 1.82) is 0 Å². The fourth-order valence-electron chi connectivity index (χ4n) is 2.30. The van der Waals surface area contributed by atoms with Crippen LogP contribution in [0, 0.1) is 5.92 Å². The van der Waals surface area contributed by atoms with Crippen molar-refractivity contribution in [2.45, 2.75) is 33.7 Å². The van der Waals surface area contributed by atoms with Gasteiger partial charge in [-0.05, 0) is 37.0 Å². The summed E-state index contributed by atoms with van der Waals surface area (Å²) in [6.07, 6.45) is 1.06. The Labute approximate surface area is 162 Å². The van der Waals surface area contributed by atoms with Crippen molar-refractivity contribution in [3.05, 3.63) is 29.3 Å². The van der Waals surface area contributed by atoms with E-state index in [4.69, 9.17) is 14.2 Å². The van der Waals surface area contributed by atoms with E-state index in [1.165, 1.54) is 14.2 Å². The molecule has 152 valence electrons. The molecular weight excluding hydrogens is 346 g/mol.